The lowest BCUT2D eigenvalue weighted by Crippen LogP contribution is -2.39. The van der Waals surface area contributed by atoms with Crippen LogP contribution in [-0.4, -0.2) is 33.7 Å². The zero-order valence-electron chi connectivity index (χ0n) is 17.8. The highest BCUT2D eigenvalue weighted by Gasteiger charge is 2.27. The molecule has 1 N–H and O–H groups in total. The van der Waals surface area contributed by atoms with E-state index in [0.717, 1.165) is 9.87 Å². The van der Waals surface area contributed by atoms with E-state index in [4.69, 9.17) is 27.9 Å². The molecule has 0 unspecified atom stereocenters. The fraction of sp³-hybridized carbons (Fsp3) is 0.130. The van der Waals surface area contributed by atoms with Crippen molar-refractivity contribution in [2.75, 3.05) is 18.0 Å². The van der Waals surface area contributed by atoms with Crippen LogP contribution in [-0.2, 0) is 14.8 Å². The Kier molecular flexibility index (Phi) is 7.97. The van der Waals surface area contributed by atoms with Gasteiger partial charge in [0.05, 0.1) is 33.4 Å². The van der Waals surface area contributed by atoms with Crippen molar-refractivity contribution in [2.24, 2.45) is 5.10 Å². The summed E-state index contributed by atoms with van der Waals surface area (Å²) in [5.74, 6) is 0.0624. The molecule has 0 aliphatic carbocycles. The number of anilines is 1. The van der Waals surface area contributed by atoms with E-state index < -0.39 is 22.5 Å². The minimum absolute atomic E-state index is 0.0294. The van der Waals surface area contributed by atoms with Crippen molar-refractivity contribution in [3.8, 4) is 5.75 Å². The lowest BCUT2D eigenvalue weighted by atomic mass is 10.1. The molecule has 7 nitrogen and oxygen atoms in total. The second-order valence-corrected chi connectivity index (χ2v) is 9.56. The number of hydrogen-bond donors (Lipinski definition) is 1. The number of carbonyl (C=O) groups excluding carboxylic acids is 1. The molecule has 0 heterocycles. The number of ether oxygens (including phenoxy) is 1. The van der Waals surface area contributed by atoms with Crippen LogP contribution >= 0.6 is 23.2 Å². The second kappa shape index (κ2) is 10.7. The Balaban J connectivity index is 1.86. The maximum atomic E-state index is 13.3. The molecule has 1 amide bonds. The Morgan fingerprint density at radius 3 is 2.27 bits per heavy atom. The molecule has 0 fully saturated rings. The summed E-state index contributed by atoms with van der Waals surface area (Å²) in [6, 6.07) is 19.3. The minimum atomic E-state index is -4.07. The van der Waals surface area contributed by atoms with Gasteiger partial charge in [-0.05, 0) is 67.1 Å². The van der Waals surface area contributed by atoms with Crippen molar-refractivity contribution in [2.45, 2.75) is 11.8 Å². The van der Waals surface area contributed by atoms with E-state index in [-0.39, 0.29) is 20.6 Å². The zero-order valence-corrected chi connectivity index (χ0v) is 20.2. The van der Waals surface area contributed by atoms with Crippen LogP contribution in [0.5, 0.6) is 5.75 Å². The van der Waals surface area contributed by atoms with Gasteiger partial charge in [0, 0.05) is 0 Å². The molecule has 0 saturated heterocycles. The Morgan fingerprint density at radius 2 is 1.67 bits per heavy atom. The summed E-state index contributed by atoms with van der Waals surface area (Å²) >= 11 is 12.1. The van der Waals surface area contributed by atoms with Gasteiger partial charge in [-0.15, -0.1) is 0 Å². The highest BCUT2D eigenvalue weighted by molar-refractivity contribution is 7.92. The third-order valence-electron chi connectivity index (χ3n) is 4.67. The van der Waals surface area contributed by atoms with Crippen LogP contribution in [0.25, 0.3) is 0 Å². The molecule has 10 heteroatoms. The van der Waals surface area contributed by atoms with E-state index in [1.165, 1.54) is 30.3 Å². The molecule has 172 valence electrons. The van der Waals surface area contributed by atoms with Gasteiger partial charge in [0.2, 0.25) is 0 Å². The number of hydrogen-bond acceptors (Lipinski definition) is 5. The smallest absolute Gasteiger partial charge is 0.264 e. The van der Waals surface area contributed by atoms with Gasteiger partial charge < -0.3 is 4.74 Å². The largest absolute Gasteiger partial charge is 0.497 e. The quantitative estimate of drug-likeness (QED) is 0.353. The highest BCUT2D eigenvalue weighted by Crippen LogP contribution is 2.30. The molecule has 33 heavy (non-hydrogen) atoms. The van der Waals surface area contributed by atoms with Crippen molar-refractivity contribution in [1.29, 1.82) is 0 Å². The predicted molar refractivity (Wildman–Crippen MR) is 131 cm³/mol. The molecule has 0 saturated carbocycles. The zero-order chi connectivity index (χ0) is 24.0. The molecule has 3 aromatic carbocycles. The van der Waals surface area contributed by atoms with E-state index in [1.54, 1.807) is 56.5 Å². The van der Waals surface area contributed by atoms with Gasteiger partial charge >= 0.3 is 0 Å². The maximum absolute atomic E-state index is 13.3. The minimum Gasteiger partial charge on any atom is -0.497 e. The number of rotatable bonds is 8. The van der Waals surface area contributed by atoms with E-state index in [2.05, 4.69) is 10.5 Å². The first-order valence-corrected chi connectivity index (χ1v) is 11.9. The molecule has 3 aromatic rings. The summed E-state index contributed by atoms with van der Waals surface area (Å²) in [5.41, 5.74) is 3.92. The van der Waals surface area contributed by atoms with Gasteiger partial charge in [0.25, 0.3) is 15.9 Å². The number of amides is 1. The fourth-order valence-corrected chi connectivity index (χ4v) is 4.61. The number of halogens is 2. The number of hydrazone groups is 1. The summed E-state index contributed by atoms with van der Waals surface area (Å²) < 4.78 is 32.7. The van der Waals surface area contributed by atoms with Crippen molar-refractivity contribution >= 4 is 50.5 Å². The van der Waals surface area contributed by atoms with Gasteiger partial charge in [-0.2, -0.15) is 5.10 Å². The summed E-state index contributed by atoms with van der Waals surface area (Å²) in [7, 11) is -2.50. The standard InChI is InChI=1S/C23H21Cl2N3O4S/c1-16(17-8-11-19(32-2)12-9-17)26-27-23(29)15-28(18-10-13-21(24)22(25)14-18)33(30,31)20-6-4-3-5-7-20/h3-14H,15H2,1-2H3,(H,27,29)/b26-16+. The first kappa shape index (κ1) is 24.6. The van der Waals surface area contributed by atoms with Gasteiger partial charge in [-0.1, -0.05) is 41.4 Å². The molecule has 0 atom stereocenters. The van der Waals surface area contributed by atoms with Gasteiger partial charge in [0.1, 0.15) is 12.3 Å². The summed E-state index contributed by atoms with van der Waals surface area (Å²) in [6.07, 6.45) is 0. The van der Waals surface area contributed by atoms with Crippen LogP contribution in [0.4, 0.5) is 5.69 Å². The third kappa shape index (κ3) is 6.04. The van der Waals surface area contributed by atoms with Gasteiger partial charge in [0.15, 0.2) is 0 Å². The van der Waals surface area contributed by atoms with Crippen LogP contribution in [0.1, 0.15) is 12.5 Å². The van der Waals surface area contributed by atoms with Crippen LogP contribution in [0.2, 0.25) is 10.0 Å². The van der Waals surface area contributed by atoms with E-state index in [1.807, 2.05) is 0 Å². The first-order valence-electron chi connectivity index (χ1n) is 9.73. The van der Waals surface area contributed by atoms with Crippen molar-refractivity contribution in [3.63, 3.8) is 0 Å². The summed E-state index contributed by atoms with van der Waals surface area (Å²) in [4.78, 5) is 12.7. The predicted octanol–water partition coefficient (Wildman–Crippen LogP) is 4.74. The second-order valence-electron chi connectivity index (χ2n) is 6.88. The van der Waals surface area contributed by atoms with Crippen LogP contribution in [0, 0.1) is 0 Å². The van der Waals surface area contributed by atoms with Crippen molar-refractivity contribution < 1.29 is 17.9 Å². The summed E-state index contributed by atoms with van der Waals surface area (Å²) in [5, 5.41) is 4.52. The lowest BCUT2D eigenvalue weighted by molar-refractivity contribution is -0.119. The normalized spacial score (nSPS) is 11.7. The Hall–Kier alpha value is -3.07. The SMILES string of the molecule is COc1ccc(/C(C)=N/NC(=O)CN(c2ccc(Cl)c(Cl)c2)S(=O)(=O)c2ccccc2)cc1. The van der Waals surface area contributed by atoms with Gasteiger partial charge in [-0.25, -0.2) is 13.8 Å². The van der Waals surface area contributed by atoms with E-state index in [0.29, 0.717) is 11.5 Å². The summed E-state index contributed by atoms with van der Waals surface area (Å²) in [6.45, 7) is 1.20. The number of nitrogens with zero attached hydrogens (tertiary/aromatic N) is 2. The molecule has 0 aliphatic rings. The molecule has 0 aliphatic heterocycles. The number of benzene rings is 3. The van der Waals surface area contributed by atoms with E-state index in [9.17, 15) is 13.2 Å². The van der Waals surface area contributed by atoms with Crippen LogP contribution in [0.15, 0.2) is 82.8 Å². The molecule has 0 bridgehead atoms. The molecular weight excluding hydrogens is 485 g/mol. The van der Waals surface area contributed by atoms with E-state index >= 15 is 0 Å². The topological polar surface area (TPSA) is 88.1 Å². The fourth-order valence-electron chi connectivity index (χ4n) is 2.88. The Bertz CT molecular complexity index is 1260. The van der Waals surface area contributed by atoms with Crippen molar-refractivity contribution in [1.82, 2.24) is 5.43 Å². The number of nitrogens with one attached hydrogen (secondary N) is 1. The highest BCUT2D eigenvalue weighted by atomic mass is 35.5. The number of sulfonamides is 1. The Morgan fingerprint density at radius 1 is 1.00 bits per heavy atom. The first-order chi connectivity index (χ1) is 15.7. The number of carbonyl (C=O) groups is 1. The molecule has 3 rings (SSSR count). The molecule has 0 radical (unpaired) electrons. The average Bonchev–Trinajstić information content (AvgIpc) is 2.83. The molecule has 0 spiro atoms. The molecule has 0 aromatic heterocycles. The molecular formula is C23H21Cl2N3O4S. The van der Waals surface area contributed by atoms with Crippen LogP contribution < -0.4 is 14.5 Å². The van der Waals surface area contributed by atoms with Crippen molar-refractivity contribution in [3.05, 3.63) is 88.4 Å². The van der Waals surface area contributed by atoms with Gasteiger partial charge in [-0.3, -0.25) is 9.10 Å². The number of methoxy groups -OCH3 is 1. The Labute approximate surface area is 202 Å². The third-order valence-corrected chi connectivity index (χ3v) is 7.19. The lowest BCUT2D eigenvalue weighted by Gasteiger charge is -2.24. The van der Waals surface area contributed by atoms with Crippen LogP contribution in [0.3, 0.4) is 0 Å². The maximum Gasteiger partial charge on any atom is 0.264 e. The average molecular weight is 506 g/mol. The monoisotopic (exact) mass is 505 g/mol.